The zero-order valence-electron chi connectivity index (χ0n) is 29.8. The number of hydrogen-bond acceptors (Lipinski definition) is 3. The summed E-state index contributed by atoms with van der Waals surface area (Å²) in [5.74, 6) is 0.613. The lowest BCUT2D eigenvalue weighted by atomic mass is 10.00. The molecular formula is C51H33N3O. The number of anilines is 3. The molecule has 0 aliphatic rings. The Kier molecular flexibility index (Phi) is 7.14. The molecule has 55 heavy (non-hydrogen) atoms. The molecule has 0 saturated heterocycles. The van der Waals surface area contributed by atoms with Crippen molar-refractivity contribution in [3.8, 4) is 28.3 Å². The average molecular weight is 704 g/mol. The van der Waals surface area contributed by atoms with Crippen LogP contribution in [0.4, 0.5) is 17.1 Å². The Bertz CT molecular complexity index is 3210. The van der Waals surface area contributed by atoms with Gasteiger partial charge in [-0.2, -0.15) is 0 Å². The molecule has 0 radical (unpaired) electrons. The lowest BCUT2D eigenvalue weighted by Crippen LogP contribution is -2.10. The number of para-hydroxylation sites is 2. The number of benzene rings is 9. The molecule has 0 N–H and O–H groups in total. The van der Waals surface area contributed by atoms with Crippen LogP contribution in [-0.4, -0.2) is 9.55 Å². The molecule has 0 fully saturated rings. The van der Waals surface area contributed by atoms with Gasteiger partial charge in [-0.05, 0) is 112 Å². The second-order valence-corrected chi connectivity index (χ2v) is 14.0. The summed E-state index contributed by atoms with van der Waals surface area (Å²) in [6, 6.07) is 71.1. The van der Waals surface area contributed by atoms with E-state index in [9.17, 15) is 0 Å². The molecule has 2 aromatic heterocycles. The highest BCUT2D eigenvalue weighted by molar-refractivity contribution is 6.21. The highest BCUT2D eigenvalue weighted by Gasteiger charge is 2.19. The number of hydrogen-bond donors (Lipinski definition) is 0. The van der Waals surface area contributed by atoms with Crippen LogP contribution >= 0.6 is 0 Å². The Morgan fingerprint density at radius 3 is 2.00 bits per heavy atom. The van der Waals surface area contributed by atoms with E-state index in [0.717, 1.165) is 45.0 Å². The third-order valence-electron chi connectivity index (χ3n) is 10.7. The summed E-state index contributed by atoms with van der Waals surface area (Å²) in [4.78, 5) is 7.16. The maximum absolute atomic E-state index is 6.41. The van der Waals surface area contributed by atoms with Crippen LogP contribution in [0.3, 0.4) is 0 Å². The summed E-state index contributed by atoms with van der Waals surface area (Å²) in [6.07, 6.45) is 0. The Morgan fingerprint density at radius 2 is 1.11 bits per heavy atom. The van der Waals surface area contributed by atoms with Crippen LogP contribution in [0.2, 0.25) is 0 Å². The molecule has 0 saturated carbocycles. The number of nitrogens with zero attached hydrogens (tertiary/aromatic N) is 3. The Labute approximate surface area is 317 Å². The van der Waals surface area contributed by atoms with E-state index >= 15 is 0 Å². The number of fused-ring (bicyclic) bond motifs is 7. The predicted octanol–water partition coefficient (Wildman–Crippen LogP) is 14.0. The quantitative estimate of drug-likeness (QED) is 0.173. The van der Waals surface area contributed by atoms with Gasteiger partial charge in [-0.15, -0.1) is 0 Å². The van der Waals surface area contributed by atoms with Crippen molar-refractivity contribution < 1.29 is 4.42 Å². The topological polar surface area (TPSA) is 34.2 Å². The highest BCUT2D eigenvalue weighted by atomic mass is 16.3. The predicted molar refractivity (Wildman–Crippen MR) is 229 cm³/mol. The fourth-order valence-corrected chi connectivity index (χ4v) is 8.18. The first-order chi connectivity index (χ1) is 27.2. The zero-order valence-corrected chi connectivity index (χ0v) is 29.8. The van der Waals surface area contributed by atoms with Crippen LogP contribution in [-0.2, 0) is 0 Å². The second kappa shape index (κ2) is 12.6. The third kappa shape index (κ3) is 5.26. The Hall–Kier alpha value is -7.43. The Balaban J connectivity index is 1.10. The average Bonchev–Trinajstić information content (AvgIpc) is 3.84. The molecule has 4 heteroatoms. The van der Waals surface area contributed by atoms with E-state index < -0.39 is 0 Å². The van der Waals surface area contributed by atoms with Gasteiger partial charge in [0.15, 0.2) is 5.58 Å². The van der Waals surface area contributed by atoms with Crippen molar-refractivity contribution in [1.82, 2.24) is 9.55 Å². The van der Waals surface area contributed by atoms with Gasteiger partial charge in [-0.25, -0.2) is 4.98 Å². The van der Waals surface area contributed by atoms with Gasteiger partial charge in [0, 0.05) is 45.2 Å². The van der Waals surface area contributed by atoms with Gasteiger partial charge in [0.05, 0.1) is 11.0 Å². The summed E-state index contributed by atoms with van der Waals surface area (Å²) in [7, 11) is 0. The first kappa shape index (κ1) is 31.1. The monoisotopic (exact) mass is 703 g/mol. The van der Waals surface area contributed by atoms with E-state index in [0.29, 0.717) is 5.89 Å². The van der Waals surface area contributed by atoms with Gasteiger partial charge in [0.2, 0.25) is 5.89 Å². The molecular weight excluding hydrogens is 671 g/mol. The van der Waals surface area contributed by atoms with Gasteiger partial charge in [0.1, 0.15) is 5.52 Å². The molecule has 2 heterocycles. The smallest absolute Gasteiger partial charge is 0.227 e. The minimum atomic E-state index is 0.613. The van der Waals surface area contributed by atoms with Crippen molar-refractivity contribution in [2.24, 2.45) is 0 Å². The summed E-state index contributed by atoms with van der Waals surface area (Å²) in [5.41, 5.74) is 11.5. The number of aromatic nitrogens is 2. The Morgan fingerprint density at radius 1 is 0.418 bits per heavy atom. The lowest BCUT2D eigenvalue weighted by molar-refractivity contribution is 0.620. The lowest BCUT2D eigenvalue weighted by Gasteiger charge is -2.26. The molecule has 0 spiro atoms. The molecule has 0 aliphatic carbocycles. The molecule has 9 aromatic carbocycles. The molecule has 11 aromatic rings. The van der Waals surface area contributed by atoms with Crippen molar-refractivity contribution in [2.75, 3.05) is 4.90 Å². The molecule has 0 aliphatic heterocycles. The summed E-state index contributed by atoms with van der Waals surface area (Å²) < 4.78 is 8.78. The van der Waals surface area contributed by atoms with Crippen LogP contribution in [0.5, 0.6) is 0 Å². The molecule has 0 amide bonds. The SMILES string of the molecule is c1ccc(-c2nc3ccc(N(c4cccc(-c5ccc6ccccc6c5)c4)c4ccc5c(ccc6c5c5ccccc5n6-c5ccccc5)c4)cc3o2)cc1. The number of oxazole rings is 1. The second-order valence-electron chi connectivity index (χ2n) is 14.0. The van der Waals surface area contributed by atoms with Crippen LogP contribution in [0.25, 0.3) is 82.7 Å². The highest BCUT2D eigenvalue weighted by Crippen LogP contribution is 2.42. The van der Waals surface area contributed by atoms with Gasteiger partial charge < -0.3 is 13.9 Å². The standard InChI is InChI=1S/C51H33N3O/c1-3-13-35(14-4-1)51-52-46-28-26-43(33-49(46)55-51)53(41-19-11-16-37(31-41)38-23-22-34-12-7-8-15-36(34)30-38)42-25-27-44-39(32-42)24-29-48-50(44)45-20-9-10-21-47(45)54(48)40-17-5-2-6-18-40/h1-33H. The first-order valence-corrected chi connectivity index (χ1v) is 18.6. The van der Waals surface area contributed by atoms with E-state index in [-0.39, 0.29) is 0 Å². The summed E-state index contributed by atoms with van der Waals surface area (Å²) in [5, 5.41) is 7.34. The van der Waals surface area contributed by atoms with E-state index in [2.05, 4.69) is 179 Å². The van der Waals surface area contributed by atoms with Crippen molar-refractivity contribution in [2.45, 2.75) is 0 Å². The molecule has 11 rings (SSSR count). The fourth-order valence-electron chi connectivity index (χ4n) is 8.18. The molecule has 0 unspecified atom stereocenters. The zero-order chi connectivity index (χ0) is 36.3. The van der Waals surface area contributed by atoms with Crippen molar-refractivity contribution in [3.63, 3.8) is 0 Å². The van der Waals surface area contributed by atoms with E-state index in [1.165, 1.54) is 48.9 Å². The summed E-state index contributed by atoms with van der Waals surface area (Å²) >= 11 is 0. The van der Waals surface area contributed by atoms with Gasteiger partial charge in [-0.1, -0.05) is 115 Å². The van der Waals surface area contributed by atoms with Crippen molar-refractivity contribution in [3.05, 3.63) is 200 Å². The van der Waals surface area contributed by atoms with Crippen molar-refractivity contribution >= 4 is 71.5 Å². The third-order valence-corrected chi connectivity index (χ3v) is 10.7. The largest absolute Gasteiger partial charge is 0.436 e. The maximum atomic E-state index is 6.41. The molecule has 4 nitrogen and oxygen atoms in total. The van der Waals surface area contributed by atoms with Crippen LogP contribution in [0, 0.1) is 0 Å². The normalized spacial score (nSPS) is 11.6. The molecule has 258 valence electrons. The maximum Gasteiger partial charge on any atom is 0.227 e. The molecule has 0 atom stereocenters. The first-order valence-electron chi connectivity index (χ1n) is 18.6. The minimum absolute atomic E-state index is 0.613. The number of rotatable bonds is 6. The van der Waals surface area contributed by atoms with Gasteiger partial charge in [-0.3, -0.25) is 0 Å². The van der Waals surface area contributed by atoms with Gasteiger partial charge >= 0.3 is 0 Å². The van der Waals surface area contributed by atoms with Crippen LogP contribution < -0.4 is 4.90 Å². The van der Waals surface area contributed by atoms with E-state index in [1.807, 2.05) is 30.3 Å². The van der Waals surface area contributed by atoms with E-state index in [1.54, 1.807) is 0 Å². The van der Waals surface area contributed by atoms with Crippen LogP contribution in [0.1, 0.15) is 0 Å². The van der Waals surface area contributed by atoms with Crippen molar-refractivity contribution in [1.29, 1.82) is 0 Å². The summed E-state index contributed by atoms with van der Waals surface area (Å²) in [6.45, 7) is 0. The fraction of sp³-hybridized carbons (Fsp3) is 0. The van der Waals surface area contributed by atoms with Gasteiger partial charge in [0.25, 0.3) is 0 Å². The minimum Gasteiger partial charge on any atom is -0.436 e. The van der Waals surface area contributed by atoms with E-state index in [4.69, 9.17) is 9.40 Å². The van der Waals surface area contributed by atoms with Crippen LogP contribution in [0.15, 0.2) is 205 Å². The molecule has 0 bridgehead atoms.